The van der Waals surface area contributed by atoms with E-state index >= 15 is 0 Å². The predicted molar refractivity (Wildman–Crippen MR) is 115 cm³/mol. The quantitative estimate of drug-likeness (QED) is 0.644. The van der Waals surface area contributed by atoms with Crippen LogP contribution in [-0.2, 0) is 16.6 Å². The van der Waals surface area contributed by atoms with Crippen molar-refractivity contribution in [3.63, 3.8) is 0 Å². The van der Waals surface area contributed by atoms with Crippen LogP contribution in [0, 0.1) is 0 Å². The summed E-state index contributed by atoms with van der Waals surface area (Å²) in [6.45, 7) is 1.53. The number of nitrogens with one attached hydrogen (secondary N) is 1. The number of carbonyl (C=O) groups excluding carboxylic acids is 1. The summed E-state index contributed by atoms with van der Waals surface area (Å²) in [7, 11) is -3.46. The minimum Gasteiger partial charge on any atom is -0.348 e. The third-order valence-corrected chi connectivity index (χ3v) is 7.70. The molecule has 2 heterocycles. The maximum Gasteiger partial charge on any atom is 0.251 e. The molecule has 2 aromatic carbocycles. The van der Waals surface area contributed by atoms with Gasteiger partial charge in [-0.05, 0) is 70.6 Å². The van der Waals surface area contributed by atoms with E-state index in [1.165, 1.54) is 16.4 Å². The SMILES string of the molecule is O=C(NCc1ccccc1-c1ccsc1)c1ccc(S(=O)(=O)N2CCCC2)cc1. The number of thiophene rings is 1. The third-order valence-electron chi connectivity index (χ3n) is 5.11. The molecule has 0 radical (unpaired) electrons. The number of hydrogen-bond donors (Lipinski definition) is 1. The summed E-state index contributed by atoms with van der Waals surface area (Å²) in [5.41, 5.74) is 3.71. The van der Waals surface area contributed by atoms with E-state index in [0.29, 0.717) is 25.2 Å². The van der Waals surface area contributed by atoms with Gasteiger partial charge in [-0.3, -0.25) is 4.79 Å². The van der Waals surface area contributed by atoms with E-state index < -0.39 is 10.0 Å². The van der Waals surface area contributed by atoms with Crippen molar-refractivity contribution in [3.8, 4) is 11.1 Å². The molecule has 1 saturated heterocycles. The lowest BCUT2D eigenvalue weighted by molar-refractivity contribution is 0.0951. The number of rotatable bonds is 6. The number of benzene rings is 2. The average molecular weight is 427 g/mol. The van der Waals surface area contributed by atoms with Gasteiger partial charge in [0.1, 0.15) is 0 Å². The Kier molecular flexibility index (Phi) is 5.80. The van der Waals surface area contributed by atoms with Gasteiger partial charge in [0, 0.05) is 25.2 Å². The van der Waals surface area contributed by atoms with Crippen LogP contribution >= 0.6 is 11.3 Å². The van der Waals surface area contributed by atoms with E-state index in [0.717, 1.165) is 29.5 Å². The zero-order valence-corrected chi connectivity index (χ0v) is 17.5. The summed E-state index contributed by atoms with van der Waals surface area (Å²) in [6.07, 6.45) is 1.79. The molecule has 29 heavy (non-hydrogen) atoms. The maximum atomic E-state index is 12.6. The highest BCUT2D eigenvalue weighted by Crippen LogP contribution is 2.26. The van der Waals surface area contributed by atoms with Crippen molar-refractivity contribution in [2.75, 3.05) is 13.1 Å². The summed E-state index contributed by atoms with van der Waals surface area (Å²) in [4.78, 5) is 12.8. The van der Waals surface area contributed by atoms with Crippen LogP contribution in [0.5, 0.6) is 0 Å². The van der Waals surface area contributed by atoms with Gasteiger partial charge in [0.05, 0.1) is 4.90 Å². The Morgan fingerprint density at radius 3 is 2.41 bits per heavy atom. The van der Waals surface area contributed by atoms with E-state index in [9.17, 15) is 13.2 Å². The molecule has 1 aliphatic heterocycles. The number of amides is 1. The summed E-state index contributed by atoms with van der Waals surface area (Å²) >= 11 is 1.64. The molecule has 7 heteroatoms. The van der Waals surface area contributed by atoms with Crippen molar-refractivity contribution in [3.05, 3.63) is 76.5 Å². The lowest BCUT2D eigenvalue weighted by atomic mass is 10.0. The Labute approximate surface area is 175 Å². The van der Waals surface area contributed by atoms with Crippen LogP contribution in [0.3, 0.4) is 0 Å². The van der Waals surface area contributed by atoms with Gasteiger partial charge in [0.2, 0.25) is 10.0 Å². The Balaban J connectivity index is 1.45. The molecule has 4 rings (SSSR count). The first-order valence-corrected chi connectivity index (χ1v) is 11.9. The Hall–Kier alpha value is -2.48. The molecular formula is C22H22N2O3S2. The van der Waals surface area contributed by atoms with Crippen molar-refractivity contribution in [1.82, 2.24) is 9.62 Å². The minimum absolute atomic E-state index is 0.227. The second kappa shape index (κ2) is 8.49. The van der Waals surface area contributed by atoms with Crippen LogP contribution in [0.15, 0.2) is 70.3 Å². The van der Waals surface area contributed by atoms with Crippen molar-refractivity contribution in [2.24, 2.45) is 0 Å². The lowest BCUT2D eigenvalue weighted by Gasteiger charge is -2.15. The molecular weight excluding hydrogens is 404 g/mol. The van der Waals surface area contributed by atoms with E-state index in [1.807, 2.05) is 29.6 Å². The lowest BCUT2D eigenvalue weighted by Crippen LogP contribution is -2.28. The Morgan fingerprint density at radius 2 is 1.72 bits per heavy atom. The molecule has 1 N–H and O–H groups in total. The van der Waals surface area contributed by atoms with Crippen molar-refractivity contribution >= 4 is 27.3 Å². The molecule has 0 unspecified atom stereocenters. The largest absolute Gasteiger partial charge is 0.348 e. The van der Waals surface area contributed by atoms with Gasteiger partial charge in [0.15, 0.2) is 0 Å². The topological polar surface area (TPSA) is 66.5 Å². The molecule has 0 atom stereocenters. The van der Waals surface area contributed by atoms with Crippen molar-refractivity contribution in [1.29, 1.82) is 0 Å². The van der Waals surface area contributed by atoms with E-state index in [-0.39, 0.29) is 10.8 Å². The van der Waals surface area contributed by atoms with Gasteiger partial charge < -0.3 is 5.32 Å². The zero-order chi connectivity index (χ0) is 20.3. The minimum atomic E-state index is -3.46. The monoisotopic (exact) mass is 426 g/mol. The van der Waals surface area contributed by atoms with Gasteiger partial charge in [-0.25, -0.2) is 8.42 Å². The van der Waals surface area contributed by atoms with Crippen molar-refractivity contribution in [2.45, 2.75) is 24.3 Å². The highest BCUT2D eigenvalue weighted by Gasteiger charge is 2.27. The van der Waals surface area contributed by atoms with Crippen LogP contribution in [0.2, 0.25) is 0 Å². The fourth-order valence-corrected chi connectivity index (χ4v) is 5.68. The summed E-state index contributed by atoms with van der Waals surface area (Å²) in [6, 6.07) is 16.2. The highest BCUT2D eigenvalue weighted by atomic mass is 32.2. The van der Waals surface area contributed by atoms with Crippen molar-refractivity contribution < 1.29 is 13.2 Å². The van der Waals surface area contributed by atoms with E-state index in [2.05, 4.69) is 16.8 Å². The van der Waals surface area contributed by atoms with E-state index in [4.69, 9.17) is 0 Å². The Bertz CT molecular complexity index is 1090. The molecule has 1 aromatic heterocycles. The molecule has 1 aliphatic rings. The predicted octanol–water partition coefficient (Wildman–Crippen LogP) is 4.13. The summed E-state index contributed by atoms with van der Waals surface area (Å²) < 4.78 is 26.7. The first-order chi connectivity index (χ1) is 14.1. The number of hydrogen-bond acceptors (Lipinski definition) is 4. The number of nitrogens with zero attached hydrogens (tertiary/aromatic N) is 1. The summed E-state index contributed by atoms with van der Waals surface area (Å²) in [5.74, 6) is -0.227. The van der Waals surface area contributed by atoms with Crippen LogP contribution in [0.25, 0.3) is 11.1 Å². The molecule has 1 amide bonds. The smallest absolute Gasteiger partial charge is 0.251 e. The first kappa shape index (κ1) is 19.8. The van der Waals surface area contributed by atoms with Crippen LogP contribution in [0.1, 0.15) is 28.8 Å². The Morgan fingerprint density at radius 1 is 1.00 bits per heavy atom. The normalized spacial score (nSPS) is 14.8. The number of sulfonamides is 1. The second-order valence-electron chi connectivity index (χ2n) is 6.99. The second-order valence-corrected chi connectivity index (χ2v) is 9.71. The fraction of sp³-hybridized carbons (Fsp3) is 0.227. The molecule has 0 bridgehead atoms. The summed E-state index contributed by atoms with van der Waals surface area (Å²) in [5, 5.41) is 7.05. The van der Waals surface area contributed by atoms with Crippen LogP contribution < -0.4 is 5.32 Å². The molecule has 5 nitrogen and oxygen atoms in total. The number of carbonyl (C=O) groups is 1. The average Bonchev–Trinajstić information content (AvgIpc) is 3.47. The zero-order valence-electron chi connectivity index (χ0n) is 15.9. The van der Waals surface area contributed by atoms with Gasteiger partial charge in [0.25, 0.3) is 5.91 Å². The van der Waals surface area contributed by atoms with Gasteiger partial charge >= 0.3 is 0 Å². The molecule has 150 valence electrons. The molecule has 0 saturated carbocycles. The third kappa shape index (κ3) is 4.27. The van der Waals surface area contributed by atoms with Gasteiger partial charge in [-0.15, -0.1) is 0 Å². The van der Waals surface area contributed by atoms with Crippen LogP contribution in [-0.4, -0.2) is 31.7 Å². The maximum absolute atomic E-state index is 12.6. The standard InChI is InChI=1S/C22H22N2O3S2/c25-22(23-15-18-5-1-2-6-21(18)19-11-14-28-16-19)17-7-9-20(10-8-17)29(26,27)24-12-3-4-13-24/h1-2,5-11,14,16H,3-4,12-13,15H2,(H,23,25). The molecule has 3 aromatic rings. The molecule has 0 spiro atoms. The fourth-order valence-electron chi connectivity index (χ4n) is 3.51. The molecule has 1 fully saturated rings. The highest BCUT2D eigenvalue weighted by molar-refractivity contribution is 7.89. The van der Waals surface area contributed by atoms with Gasteiger partial charge in [-0.2, -0.15) is 15.6 Å². The first-order valence-electron chi connectivity index (χ1n) is 9.54. The molecule has 0 aliphatic carbocycles. The van der Waals surface area contributed by atoms with Gasteiger partial charge in [-0.1, -0.05) is 24.3 Å². The van der Waals surface area contributed by atoms with Crippen LogP contribution in [0.4, 0.5) is 0 Å². The van der Waals surface area contributed by atoms with E-state index in [1.54, 1.807) is 23.5 Å².